The molecule has 0 aromatic rings. The van der Waals surface area contributed by atoms with Crippen LogP contribution < -0.4 is 0 Å². The van der Waals surface area contributed by atoms with Crippen LogP contribution in [0.25, 0.3) is 0 Å². The molecule has 0 atom stereocenters. The molecule has 0 aliphatic heterocycles. The zero-order chi connectivity index (χ0) is 21.2. The van der Waals surface area contributed by atoms with Gasteiger partial charge >= 0.3 is 0 Å². The van der Waals surface area contributed by atoms with E-state index in [9.17, 15) is 0 Å². The molecule has 0 unspecified atom stereocenters. The largest absolute Gasteiger partial charge is 0.303 e. The lowest BCUT2D eigenvalue weighted by molar-refractivity contribution is 0.0950. The minimum Gasteiger partial charge on any atom is -0.303 e. The molecule has 0 amide bonds. The summed E-state index contributed by atoms with van der Waals surface area (Å²) in [5.41, 5.74) is 0. The summed E-state index contributed by atoms with van der Waals surface area (Å²) in [6, 6.07) is 0.893. The van der Waals surface area contributed by atoms with E-state index in [1.54, 1.807) is 25.7 Å². The van der Waals surface area contributed by atoms with Crippen molar-refractivity contribution >= 4 is 0 Å². The van der Waals surface area contributed by atoms with Crippen LogP contribution >= 0.6 is 0 Å². The first-order chi connectivity index (χ1) is 14.7. The first-order valence-corrected chi connectivity index (χ1v) is 14.4. The Labute approximate surface area is 190 Å². The monoisotopic (exact) mass is 417 g/mol. The summed E-state index contributed by atoms with van der Waals surface area (Å²) in [6.45, 7) is 6.07. The molecule has 0 saturated heterocycles. The zero-order valence-electron chi connectivity index (χ0n) is 21.1. The highest BCUT2D eigenvalue weighted by molar-refractivity contribution is 4.85. The SMILES string of the molecule is CCCCCC1CCC(CN(C)C2CCC(C3CCC(CCCC)CC3)CC2)CC1. The van der Waals surface area contributed by atoms with E-state index in [-0.39, 0.29) is 0 Å². The lowest BCUT2D eigenvalue weighted by atomic mass is 9.69. The van der Waals surface area contributed by atoms with E-state index in [1.807, 2.05) is 0 Å². The van der Waals surface area contributed by atoms with Gasteiger partial charge in [-0.2, -0.15) is 0 Å². The molecule has 176 valence electrons. The van der Waals surface area contributed by atoms with Crippen molar-refractivity contribution in [2.75, 3.05) is 13.6 Å². The van der Waals surface area contributed by atoms with Crippen LogP contribution in [-0.2, 0) is 0 Å². The van der Waals surface area contributed by atoms with E-state index in [2.05, 4.69) is 25.8 Å². The van der Waals surface area contributed by atoms with Crippen LogP contribution in [0, 0.1) is 29.6 Å². The van der Waals surface area contributed by atoms with Gasteiger partial charge in [0.1, 0.15) is 0 Å². The Morgan fingerprint density at radius 3 is 1.57 bits per heavy atom. The third kappa shape index (κ3) is 7.83. The molecule has 0 bridgehead atoms. The van der Waals surface area contributed by atoms with Gasteiger partial charge in [-0.1, -0.05) is 84.5 Å². The third-order valence-electron chi connectivity index (χ3n) is 9.62. The Morgan fingerprint density at radius 1 is 0.533 bits per heavy atom. The molecular weight excluding hydrogens is 362 g/mol. The van der Waals surface area contributed by atoms with E-state index in [4.69, 9.17) is 0 Å². The predicted molar refractivity (Wildman–Crippen MR) is 133 cm³/mol. The lowest BCUT2D eigenvalue weighted by Crippen LogP contribution is -2.40. The van der Waals surface area contributed by atoms with Crippen molar-refractivity contribution in [3.05, 3.63) is 0 Å². The maximum absolute atomic E-state index is 2.79. The fraction of sp³-hybridized carbons (Fsp3) is 1.00. The second-order valence-electron chi connectivity index (χ2n) is 11.8. The number of rotatable bonds is 11. The predicted octanol–water partition coefficient (Wildman–Crippen LogP) is 8.86. The Balaban J connectivity index is 1.29. The molecule has 0 aromatic heterocycles. The van der Waals surface area contributed by atoms with Crippen molar-refractivity contribution in [2.24, 2.45) is 29.6 Å². The van der Waals surface area contributed by atoms with Gasteiger partial charge in [0, 0.05) is 12.6 Å². The van der Waals surface area contributed by atoms with Crippen molar-refractivity contribution in [3.8, 4) is 0 Å². The summed E-state index contributed by atoms with van der Waals surface area (Å²) in [7, 11) is 2.46. The van der Waals surface area contributed by atoms with Crippen LogP contribution in [0.3, 0.4) is 0 Å². The summed E-state index contributed by atoms with van der Waals surface area (Å²) in [6.07, 6.45) is 28.5. The number of unbranched alkanes of at least 4 members (excludes halogenated alkanes) is 3. The highest BCUT2D eigenvalue weighted by atomic mass is 15.1. The average molecular weight is 418 g/mol. The zero-order valence-corrected chi connectivity index (χ0v) is 21.1. The second kappa shape index (κ2) is 13.5. The van der Waals surface area contributed by atoms with Gasteiger partial charge < -0.3 is 4.90 Å². The first kappa shape index (κ1) is 24.6. The van der Waals surface area contributed by atoms with Crippen LogP contribution in [0.2, 0.25) is 0 Å². The fourth-order valence-corrected chi connectivity index (χ4v) is 7.40. The van der Waals surface area contributed by atoms with E-state index in [0.717, 1.165) is 35.6 Å². The molecule has 3 fully saturated rings. The standard InChI is InChI=1S/C29H55N/c1-4-6-8-10-25-11-13-26(14-12-25)23-30(3)29-21-19-28(20-22-29)27-17-15-24(16-18-27)9-7-5-2/h24-29H,4-23H2,1-3H3. The lowest BCUT2D eigenvalue weighted by Gasteiger charge is -2.41. The first-order valence-electron chi connectivity index (χ1n) is 14.4. The highest BCUT2D eigenvalue weighted by Gasteiger charge is 2.32. The maximum Gasteiger partial charge on any atom is 0.00925 e. The third-order valence-corrected chi connectivity index (χ3v) is 9.62. The molecule has 0 heterocycles. The normalized spacial score (nSPS) is 35.6. The van der Waals surface area contributed by atoms with Gasteiger partial charge in [0.2, 0.25) is 0 Å². The van der Waals surface area contributed by atoms with Crippen LogP contribution in [-0.4, -0.2) is 24.5 Å². The summed E-state index contributed by atoms with van der Waals surface area (Å²) < 4.78 is 0. The van der Waals surface area contributed by atoms with Crippen molar-refractivity contribution in [3.63, 3.8) is 0 Å². The second-order valence-corrected chi connectivity index (χ2v) is 11.8. The van der Waals surface area contributed by atoms with Crippen molar-refractivity contribution in [1.82, 2.24) is 4.90 Å². The fourth-order valence-electron chi connectivity index (χ4n) is 7.40. The van der Waals surface area contributed by atoms with Gasteiger partial charge in [-0.05, 0) is 88.0 Å². The topological polar surface area (TPSA) is 3.24 Å². The van der Waals surface area contributed by atoms with Gasteiger partial charge in [-0.3, -0.25) is 0 Å². The molecule has 0 radical (unpaired) electrons. The molecule has 0 aromatic carbocycles. The molecular formula is C29H55N. The van der Waals surface area contributed by atoms with Crippen molar-refractivity contribution < 1.29 is 0 Å². The van der Waals surface area contributed by atoms with Crippen LogP contribution in [0.4, 0.5) is 0 Å². The summed E-state index contributed by atoms with van der Waals surface area (Å²) in [5.74, 6) is 5.28. The van der Waals surface area contributed by atoms with Gasteiger partial charge in [-0.25, -0.2) is 0 Å². The van der Waals surface area contributed by atoms with Crippen LogP contribution in [0.15, 0.2) is 0 Å². The van der Waals surface area contributed by atoms with E-state index >= 15 is 0 Å². The minimum absolute atomic E-state index is 0.893. The summed E-state index contributed by atoms with van der Waals surface area (Å²) in [4.78, 5) is 2.79. The van der Waals surface area contributed by atoms with Crippen LogP contribution in [0.1, 0.15) is 136 Å². The van der Waals surface area contributed by atoms with E-state index in [1.165, 1.54) is 103 Å². The average Bonchev–Trinajstić information content (AvgIpc) is 2.79. The Kier molecular flexibility index (Phi) is 11.1. The molecule has 1 nitrogen and oxygen atoms in total. The molecule has 3 rings (SSSR count). The van der Waals surface area contributed by atoms with E-state index < -0.39 is 0 Å². The molecule has 3 aliphatic rings. The summed E-state index contributed by atoms with van der Waals surface area (Å²) in [5, 5.41) is 0. The van der Waals surface area contributed by atoms with Gasteiger partial charge in [-0.15, -0.1) is 0 Å². The Morgan fingerprint density at radius 2 is 1.00 bits per heavy atom. The smallest absolute Gasteiger partial charge is 0.00925 e. The molecule has 0 spiro atoms. The van der Waals surface area contributed by atoms with Crippen LogP contribution in [0.5, 0.6) is 0 Å². The van der Waals surface area contributed by atoms with Crippen molar-refractivity contribution in [1.29, 1.82) is 0 Å². The molecule has 0 N–H and O–H groups in total. The minimum atomic E-state index is 0.893. The number of nitrogens with zero attached hydrogens (tertiary/aromatic N) is 1. The van der Waals surface area contributed by atoms with Gasteiger partial charge in [0.05, 0.1) is 0 Å². The summed E-state index contributed by atoms with van der Waals surface area (Å²) >= 11 is 0. The Bertz CT molecular complexity index is 422. The number of hydrogen-bond acceptors (Lipinski definition) is 1. The maximum atomic E-state index is 2.79. The van der Waals surface area contributed by atoms with Gasteiger partial charge in [0.15, 0.2) is 0 Å². The van der Waals surface area contributed by atoms with Crippen molar-refractivity contribution in [2.45, 2.75) is 142 Å². The molecule has 30 heavy (non-hydrogen) atoms. The number of hydrogen-bond donors (Lipinski definition) is 0. The van der Waals surface area contributed by atoms with E-state index in [0.29, 0.717) is 0 Å². The van der Waals surface area contributed by atoms with Gasteiger partial charge in [0.25, 0.3) is 0 Å². The molecule has 3 saturated carbocycles. The molecule has 3 aliphatic carbocycles. The highest BCUT2D eigenvalue weighted by Crippen LogP contribution is 2.42. The quantitative estimate of drug-likeness (QED) is 0.303. The Hall–Kier alpha value is -0.0400. The molecule has 1 heteroatoms.